The van der Waals surface area contributed by atoms with E-state index in [0.717, 1.165) is 0 Å². The number of ether oxygens (including phenoxy) is 3. The highest BCUT2D eigenvalue weighted by Gasteiger charge is 2.76. The van der Waals surface area contributed by atoms with Gasteiger partial charge in [0.25, 0.3) is 0 Å². The molecular formula is C21H35NO7. The predicted molar refractivity (Wildman–Crippen MR) is 105 cm³/mol. The van der Waals surface area contributed by atoms with Gasteiger partial charge in [-0.2, -0.15) is 0 Å². The first-order chi connectivity index (χ1) is 12.9. The number of fused-ring (bicyclic) bond motifs is 1. The number of hydrogen-bond acceptors (Lipinski definition) is 7. The summed E-state index contributed by atoms with van der Waals surface area (Å²) in [5.74, 6) is -2.97. The maximum absolute atomic E-state index is 13.2. The molecule has 2 aliphatic carbocycles. The number of aliphatic hydroxyl groups excluding tert-OH is 1. The number of rotatable bonds is 3. The van der Waals surface area contributed by atoms with Crippen LogP contribution in [0, 0.1) is 17.8 Å². The standard InChI is InChI=1S/C21H35NO7/c1-18(2,3)27-15(24)13-12-11(23)10-21(14(12)13,16(25)28-19(4,5)6)22-17(26)29-20(7,8)9/h11-14,23H,10H2,1-9H3,(H,22,26)/t11-,12-,13-,14-,21?/m0/s1. The first kappa shape index (κ1) is 23.4. The quantitative estimate of drug-likeness (QED) is 0.540. The van der Waals surface area contributed by atoms with Crippen molar-refractivity contribution in [1.82, 2.24) is 5.32 Å². The Labute approximate surface area is 172 Å². The third-order valence-electron chi connectivity index (χ3n) is 4.79. The smallest absolute Gasteiger partial charge is 0.408 e. The second-order valence-corrected chi connectivity index (χ2v) is 11.0. The zero-order valence-electron chi connectivity index (χ0n) is 18.9. The minimum Gasteiger partial charge on any atom is -0.460 e. The van der Waals surface area contributed by atoms with E-state index in [0.29, 0.717) is 0 Å². The summed E-state index contributed by atoms with van der Waals surface area (Å²) in [7, 11) is 0. The minimum atomic E-state index is -1.55. The predicted octanol–water partition coefficient (Wildman–Crippen LogP) is 2.56. The summed E-state index contributed by atoms with van der Waals surface area (Å²) >= 11 is 0. The summed E-state index contributed by atoms with van der Waals surface area (Å²) in [6, 6.07) is 0. The number of aliphatic hydroxyl groups is 1. The molecule has 1 amide bonds. The van der Waals surface area contributed by atoms with Crippen LogP contribution in [0.4, 0.5) is 4.79 Å². The summed E-state index contributed by atoms with van der Waals surface area (Å²) < 4.78 is 16.3. The second kappa shape index (κ2) is 7.15. The van der Waals surface area contributed by atoms with Gasteiger partial charge in [0.05, 0.1) is 12.0 Å². The van der Waals surface area contributed by atoms with Gasteiger partial charge in [0.1, 0.15) is 22.3 Å². The van der Waals surface area contributed by atoms with Gasteiger partial charge in [-0.05, 0) is 62.3 Å². The number of carbonyl (C=O) groups excluding carboxylic acids is 3. The number of amides is 1. The van der Waals surface area contributed by atoms with E-state index in [1.54, 1.807) is 62.3 Å². The molecule has 0 aromatic rings. The maximum atomic E-state index is 13.2. The lowest BCUT2D eigenvalue weighted by molar-refractivity contribution is -0.166. The second-order valence-electron chi connectivity index (χ2n) is 11.0. The molecule has 2 rings (SSSR count). The number of carbonyl (C=O) groups is 3. The van der Waals surface area contributed by atoms with Gasteiger partial charge in [0.2, 0.25) is 0 Å². The van der Waals surface area contributed by atoms with Gasteiger partial charge in [-0.1, -0.05) is 0 Å². The molecule has 5 atom stereocenters. The average Bonchev–Trinajstić information content (AvgIpc) is 3.10. The molecule has 29 heavy (non-hydrogen) atoms. The monoisotopic (exact) mass is 413 g/mol. The average molecular weight is 414 g/mol. The minimum absolute atomic E-state index is 0.0458. The molecule has 0 radical (unpaired) electrons. The van der Waals surface area contributed by atoms with Gasteiger partial charge < -0.3 is 24.6 Å². The van der Waals surface area contributed by atoms with Crippen molar-refractivity contribution in [1.29, 1.82) is 0 Å². The molecule has 166 valence electrons. The molecule has 2 fully saturated rings. The lowest BCUT2D eigenvalue weighted by atomic mass is 9.89. The third-order valence-corrected chi connectivity index (χ3v) is 4.79. The van der Waals surface area contributed by atoms with E-state index in [9.17, 15) is 19.5 Å². The Morgan fingerprint density at radius 1 is 0.862 bits per heavy atom. The molecule has 8 heteroatoms. The van der Waals surface area contributed by atoms with Gasteiger partial charge in [-0.15, -0.1) is 0 Å². The molecular weight excluding hydrogens is 378 g/mol. The summed E-state index contributed by atoms with van der Waals surface area (Å²) in [5, 5.41) is 13.2. The number of hydrogen-bond donors (Lipinski definition) is 2. The van der Waals surface area contributed by atoms with Gasteiger partial charge >= 0.3 is 18.0 Å². The van der Waals surface area contributed by atoms with Crippen LogP contribution in [0.2, 0.25) is 0 Å². The lowest BCUT2D eigenvalue weighted by Crippen LogP contribution is -2.59. The highest BCUT2D eigenvalue weighted by molar-refractivity contribution is 5.91. The SMILES string of the molecule is CC(C)(C)OC(=O)NC1(C(=O)OC(C)(C)C)C[C@H](O)[C@H]2[C@H](C(=O)OC(C)(C)C)[C@H]21. The number of esters is 2. The van der Waals surface area contributed by atoms with E-state index in [-0.39, 0.29) is 6.42 Å². The number of nitrogens with one attached hydrogen (secondary N) is 1. The van der Waals surface area contributed by atoms with Gasteiger partial charge in [-0.3, -0.25) is 4.79 Å². The van der Waals surface area contributed by atoms with E-state index < -0.39 is 64.2 Å². The fourth-order valence-electron chi connectivity index (χ4n) is 3.98. The summed E-state index contributed by atoms with van der Waals surface area (Å²) in [6.45, 7) is 15.5. The van der Waals surface area contributed by atoms with E-state index in [1.165, 1.54) is 0 Å². The van der Waals surface area contributed by atoms with Crippen LogP contribution in [-0.2, 0) is 23.8 Å². The molecule has 1 unspecified atom stereocenters. The van der Waals surface area contributed by atoms with Crippen LogP contribution < -0.4 is 5.32 Å². The summed E-state index contributed by atoms with van der Waals surface area (Å²) in [4.78, 5) is 38.4. The molecule has 0 saturated heterocycles. The highest BCUT2D eigenvalue weighted by atomic mass is 16.6. The molecule has 0 aromatic carbocycles. The van der Waals surface area contributed by atoms with Crippen molar-refractivity contribution in [3.63, 3.8) is 0 Å². The van der Waals surface area contributed by atoms with Gasteiger partial charge in [0, 0.05) is 18.3 Å². The summed E-state index contributed by atoms with van der Waals surface area (Å²) in [6.07, 6.45) is -1.79. The number of alkyl carbamates (subject to hydrolysis) is 1. The Hall–Kier alpha value is -1.83. The molecule has 2 aliphatic rings. The normalized spacial score (nSPS) is 31.5. The van der Waals surface area contributed by atoms with Gasteiger partial charge in [0.15, 0.2) is 0 Å². The van der Waals surface area contributed by atoms with Crippen LogP contribution in [0.15, 0.2) is 0 Å². The van der Waals surface area contributed by atoms with Crippen LogP contribution in [0.1, 0.15) is 68.7 Å². The third kappa shape index (κ3) is 5.41. The van der Waals surface area contributed by atoms with Gasteiger partial charge in [-0.25, -0.2) is 9.59 Å². The largest absolute Gasteiger partial charge is 0.460 e. The molecule has 0 aromatic heterocycles. The molecule has 0 aliphatic heterocycles. The summed E-state index contributed by atoms with van der Waals surface area (Å²) in [5.41, 5.74) is -3.84. The maximum Gasteiger partial charge on any atom is 0.408 e. The van der Waals surface area contributed by atoms with E-state index >= 15 is 0 Å². The molecule has 8 nitrogen and oxygen atoms in total. The van der Waals surface area contributed by atoms with E-state index in [2.05, 4.69) is 5.32 Å². The Morgan fingerprint density at radius 3 is 1.79 bits per heavy atom. The molecule has 2 saturated carbocycles. The van der Waals surface area contributed by atoms with Crippen LogP contribution in [0.5, 0.6) is 0 Å². The van der Waals surface area contributed by atoms with Crippen LogP contribution in [0.25, 0.3) is 0 Å². The van der Waals surface area contributed by atoms with Crippen molar-refractivity contribution >= 4 is 18.0 Å². The molecule has 2 N–H and O–H groups in total. The zero-order chi connectivity index (χ0) is 22.6. The fraction of sp³-hybridized carbons (Fsp3) is 0.857. The van der Waals surface area contributed by atoms with Crippen LogP contribution >= 0.6 is 0 Å². The van der Waals surface area contributed by atoms with Crippen molar-refractivity contribution in [2.75, 3.05) is 0 Å². The van der Waals surface area contributed by atoms with Crippen molar-refractivity contribution in [2.24, 2.45) is 17.8 Å². The zero-order valence-corrected chi connectivity index (χ0v) is 18.9. The Kier molecular flexibility index (Phi) is 5.78. The van der Waals surface area contributed by atoms with E-state index in [4.69, 9.17) is 14.2 Å². The Balaban J connectivity index is 2.34. The first-order valence-electron chi connectivity index (χ1n) is 10.0. The highest BCUT2D eigenvalue weighted by Crippen LogP contribution is 2.63. The molecule has 0 heterocycles. The van der Waals surface area contributed by atoms with Crippen molar-refractivity contribution in [3.05, 3.63) is 0 Å². The lowest BCUT2D eigenvalue weighted by Gasteiger charge is -2.35. The molecule has 0 spiro atoms. The van der Waals surface area contributed by atoms with Crippen molar-refractivity contribution in [2.45, 2.75) is 97.2 Å². The topological polar surface area (TPSA) is 111 Å². The fourth-order valence-corrected chi connectivity index (χ4v) is 3.98. The van der Waals surface area contributed by atoms with E-state index in [1.807, 2.05) is 0 Å². The van der Waals surface area contributed by atoms with Crippen LogP contribution in [0.3, 0.4) is 0 Å². The Bertz CT molecular complexity index is 683. The Morgan fingerprint density at radius 2 is 1.34 bits per heavy atom. The van der Waals surface area contributed by atoms with Crippen molar-refractivity contribution < 1.29 is 33.7 Å². The van der Waals surface area contributed by atoms with Crippen molar-refractivity contribution in [3.8, 4) is 0 Å². The van der Waals surface area contributed by atoms with Crippen LogP contribution in [-0.4, -0.2) is 51.6 Å². The molecule has 0 bridgehead atoms. The first-order valence-corrected chi connectivity index (χ1v) is 10.0.